The predicted molar refractivity (Wildman–Crippen MR) is 36.3 cm³/mol. The van der Waals surface area contributed by atoms with Gasteiger partial charge in [-0.2, -0.15) is 0 Å². The van der Waals surface area contributed by atoms with Crippen molar-refractivity contribution in [1.29, 1.82) is 0 Å². The second-order valence-corrected chi connectivity index (χ2v) is 1.77. The molecule has 0 aromatic heterocycles. The van der Waals surface area contributed by atoms with E-state index in [1.165, 1.54) is 6.08 Å². The molecule has 0 aliphatic carbocycles. The maximum Gasteiger partial charge on any atom is 0.270 e. The molecule has 56 valence electrons. The second-order valence-electron chi connectivity index (χ2n) is 1.77. The fourth-order valence-corrected chi connectivity index (χ4v) is 0.463. The Labute approximate surface area is 59.3 Å². The molecule has 0 aromatic carbocycles. The molecule has 1 amide bonds. The van der Waals surface area contributed by atoms with Crippen molar-refractivity contribution in [1.82, 2.24) is 5.32 Å². The summed E-state index contributed by atoms with van der Waals surface area (Å²) in [4.78, 5) is 22.8. The van der Waals surface area contributed by atoms with E-state index in [1.807, 2.05) is 6.92 Å². The fourth-order valence-electron chi connectivity index (χ4n) is 0.463. The van der Waals surface area contributed by atoms with Gasteiger partial charge in [0.15, 0.2) is 0 Å². The molecule has 0 aromatic rings. The molecule has 0 saturated carbocycles. The number of aliphatic imine (C=N–C) groups is 1. The molecule has 0 heterocycles. The minimum atomic E-state index is -0.469. The fraction of sp³-hybridized carbons (Fsp3) is 0.667. The minimum absolute atomic E-state index is 0.128. The van der Waals surface area contributed by atoms with Crippen LogP contribution in [0.3, 0.4) is 0 Å². The van der Waals surface area contributed by atoms with Gasteiger partial charge in [0, 0.05) is 0 Å². The van der Waals surface area contributed by atoms with Crippen LogP contribution in [0.2, 0.25) is 0 Å². The third-order valence-corrected chi connectivity index (χ3v) is 0.873. The summed E-state index contributed by atoms with van der Waals surface area (Å²) in [5.41, 5.74) is 0. The number of isocyanates is 1. The van der Waals surface area contributed by atoms with Crippen molar-refractivity contribution in [2.75, 3.05) is 13.1 Å². The second kappa shape index (κ2) is 6.13. The van der Waals surface area contributed by atoms with Crippen molar-refractivity contribution >= 4 is 12.0 Å². The van der Waals surface area contributed by atoms with E-state index in [2.05, 4.69) is 10.3 Å². The lowest BCUT2D eigenvalue weighted by Crippen LogP contribution is -2.22. The quantitative estimate of drug-likeness (QED) is 0.337. The van der Waals surface area contributed by atoms with Gasteiger partial charge in [0.25, 0.3) is 5.91 Å². The number of hydrogen-bond donors (Lipinski definition) is 1. The highest BCUT2D eigenvalue weighted by Crippen LogP contribution is 1.72. The lowest BCUT2D eigenvalue weighted by molar-refractivity contribution is -0.116. The number of rotatable bonds is 4. The number of amides is 1. The van der Waals surface area contributed by atoms with E-state index in [0.717, 1.165) is 13.0 Å². The van der Waals surface area contributed by atoms with Crippen molar-refractivity contribution in [3.05, 3.63) is 0 Å². The van der Waals surface area contributed by atoms with Crippen molar-refractivity contribution < 1.29 is 9.59 Å². The van der Waals surface area contributed by atoms with Crippen LogP contribution < -0.4 is 5.32 Å². The highest BCUT2D eigenvalue weighted by molar-refractivity contribution is 5.83. The van der Waals surface area contributed by atoms with E-state index in [-0.39, 0.29) is 6.54 Å². The third kappa shape index (κ3) is 5.15. The Morgan fingerprint density at radius 3 is 2.90 bits per heavy atom. The molecule has 0 rings (SSSR count). The summed E-state index contributed by atoms with van der Waals surface area (Å²) in [6.45, 7) is 2.88. The molecule has 0 bridgehead atoms. The zero-order valence-corrected chi connectivity index (χ0v) is 5.89. The van der Waals surface area contributed by atoms with Crippen LogP contribution in [0, 0.1) is 0 Å². The Balaban J connectivity index is 3.31. The largest absolute Gasteiger partial charge is 0.308 e. The summed E-state index contributed by atoms with van der Waals surface area (Å²) in [7, 11) is 0. The van der Waals surface area contributed by atoms with Crippen molar-refractivity contribution in [3.8, 4) is 0 Å². The molecular formula is C6H10N2O2. The summed E-state index contributed by atoms with van der Waals surface area (Å²) in [6.07, 6.45) is 2.14. The third-order valence-electron chi connectivity index (χ3n) is 0.873. The first-order chi connectivity index (χ1) is 4.81. The molecule has 0 atom stereocenters. The van der Waals surface area contributed by atoms with Crippen molar-refractivity contribution in [2.45, 2.75) is 13.3 Å². The van der Waals surface area contributed by atoms with E-state index in [9.17, 15) is 9.59 Å². The SMILES string of the molecule is CCCNCC(=O)N=C=O. The molecule has 10 heavy (non-hydrogen) atoms. The molecule has 0 aliphatic heterocycles. The van der Waals surface area contributed by atoms with Gasteiger partial charge in [-0.3, -0.25) is 4.79 Å². The zero-order chi connectivity index (χ0) is 7.82. The molecule has 0 unspecified atom stereocenters. The first-order valence-corrected chi connectivity index (χ1v) is 3.12. The van der Waals surface area contributed by atoms with Gasteiger partial charge < -0.3 is 5.32 Å². The van der Waals surface area contributed by atoms with Gasteiger partial charge in [-0.05, 0) is 13.0 Å². The maximum atomic E-state index is 10.4. The first kappa shape index (κ1) is 9.01. The molecule has 0 spiro atoms. The maximum absolute atomic E-state index is 10.4. The molecule has 0 aliphatic rings. The topological polar surface area (TPSA) is 58.5 Å². The van der Waals surface area contributed by atoms with E-state index >= 15 is 0 Å². The normalized spacial score (nSPS) is 8.50. The van der Waals surface area contributed by atoms with Crippen LogP contribution in [0.5, 0.6) is 0 Å². The highest BCUT2D eigenvalue weighted by atomic mass is 16.2. The number of hydrogen-bond acceptors (Lipinski definition) is 3. The van der Waals surface area contributed by atoms with E-state index in [1.54, 1.807) is 0 Å². The average molecular weight is 142 g/mol. The molecular weight excluding hydrogens is 132 g/mol. The zero-order valence-electron chi connectivity index (χ0n) is 5.89. The smallest absolute Gasteiger partial charge is 0.270 e. The molecule has 4 heteroatoms. The summed E-state index contributed by atoms with van der Waals surface area (Å²) in [6, 6.07) is 0. The average Bonchev–Trinajstić information content (AvgIpc) is 1.89. The highest BCUT2D eigenvalue weighted by Gasteiger charge is 1.94. The summed E-state index contributed by atoms with van der Waals surface area (Å²) < 4.78 is 0. The van der Waals surface area contributed by atoms with Gasteiger partial charge >= 0.3 is 0 Å². The minimum Gasteiger partial charge on any atom is -0.308 e. The Morgan fingerprint density at radius 1 is 1.70 bits per heavy atom. The van der Waals surface area contributed by atoms with E-state index < -0.39 is 5.91 Å². The molecule has 1 N–H and O–H groups in total. The van der Waals surface area contributed by atoms with Gasteiger partial charge in [0.2, 0.25) is 6.08 Å². The number of carbonyl (C=O) groups is 1. The Kier molecular flexibility index (Phi) is 5.53. The Morgan fingerprint density at radius 2 is 2.40 bits per heavy atom. The van der Waals surface area contributed by atoms with Crippen LogP contribution in [0.1, 0.15) is 13.3 Å². The first-order valence-electron chi connectivity index (χ1n) is 3.12. The lowest BCUT2D eigenvalue weighted by atomic mass is 10.5. The van der Waals surface area contributed by atoms with Crippen LogP contribution in [-0.2, 0) is 9.59 Å². The lowest BCUT2D eigenvalue weighted by Gasteiger charge is -1.94. The summed E-state index contributed by atoms with van der Waals surface area (Å²) in [5, 5.41) is 2.80. The van der Waals surface area contributed by atoms with Gasteiger partial charge in [0.1, 0.15) is 0 Å². The Hall–Kier alpha value is -0.990. The number of carbonyl (C=O) groups excluding carboxylic acids is 2. The Bertz CT molecular complexity index is 150. The van der Waals surface area contributed by atoms with E-state index in [4.69, 9.17) is 0 Å². The molecule has 0 saturated heterocycles. The van der Waals surface area contributed by atoms with Crippen LogP contribution in [-0.4, -0.2) is 25.1 Å². The predicted octanol–water partition coefficient (Wildman–Crippen LogP) is -0.152. The summed E-state index contributed by atoms with van der Waals surface area (Å²) in [5.74, 6) is -0.469. The van der Waals surface area contributed by atoms with Crippen LogP contribution in [0.4, 0.5) is 0 Å². The number of nitrogens with zero attached hydrogens (tertiary/aromatic N) is 1. The van der Waals surface area contributed by atoms with Crippen molar-refractivity contribution in [3.63, 3.8) is 0 Å². The van der Waals surface area contributed by atoms with Crippen molar-refractivity contribution in [2.24, 2.45) is 4.99 Å². The van der Waals surface area contributed by atoms with Gasteiger partial charge in [-0.1, -0.05) is 6.92 Å². The van der Waals surface area contributed by atoms with Crippen LogP contribution in [0.25, 0.3) is 0 Å². The van der Waals surface area contributed by atoms with E-state index in [0.29, 0.717) is 0 Å². The number of nitrogens with one attached hydrogen (secondary N) is 1. The monoisotopic (exact) mass is 142 g/mol. The standard InChI is InChI=1S/C6H10N2O2/c1-2-3-7-4-6(10)8-5-9/h7H,2-4H2,1H3. The van der Waals surface area contributed by atoms with Crippen LogP contribution in [0.15, 0.2) is 4.99 Å². The van der Waals surface area contributed by atoms with Gasteiger partial charge in [0.05, 0.1) is 6.54 Å². The van der Waals surface area contributed by atoms with Gasteiger partial charge in [-0.25, -0.2) is 4.79 Å². The van der Waals surface area contributed by atoms with Gasteiger partial charge in [-0.15, -0.1) is 4.99 Å². The van der Waals surface area contributed by atoms with Crippen LogP contribution >= 0.6 is 0 Å². The molecule has 4 nitrogen and oxygen atoms in total. The molecule has 0 fully saturated rings. The summed E-state index contributed by atoms with van der Waals surface area (Å²) >= 11 is 0. The molecule has 0 radical (unpaired) electrons.